The summed E-state index contributed by atoms with van der Waals surface area (Å²) < 4.78 is 0. The fourth-order valence-corrected chi connectivity index (χ4v) is 3.17. The maximum atomic E-state index is 11.8. The molecular formula is C16H25N3OS. The molecule has 3 N–H and O–H groups in total. The molecule has 0 unspecified atom stereocenters. The van der Waals surface area contributed by atoms with Crippen LogP contribution in [0.3, 0.4) is 0 Å². The monoisotopic (exact) mass is 307 g/mol. The van der Waals surface area contributed by atoms with E-state index in [1.807, 2.05) is 6.07 Å². The minimum absolute atomic E-state index is 0.148. The van der Waals surface area contributed by atoms with Crippen LogP contribution in [-0.2, 0) is 11.3 Å². The molecule has 1 fully saturated rings. The van der Waals surface area contributed by atoms with E-state index in [2.05, 4.69) is 34.5 Å². The molecule has 1 heterocycles. The number of carbonyl (C=O) groups excluding carboxylic acids is 1. The van der Waals surface area contributed by atoms with Gasteiger partial charge in [0.25, 0.3) is 0 Å². The largest absolute Gasteiger partial charge is 0.353 e. The topological polar surface area (TPSA) is 58.4 Å². The van der Waals surface area contributed by atoms with E-state index in [-0.39, 0.29) is 5.91 Å². The molecule has 21 heavy (non-hydrogen) atoms. The Morgan fingerprint density at radius 2 is 2.00 bits per heavy atom. The minimum Gasteiger partial charge on any atom is -0.353 e. The Balaban J connectivity index is 1.65. The average molecular weight is 307 g/mol. The standard InChI is InChI=1S/C16H25N3OS/c17-8-11-21-13-16(20)18-15-6-9-19(10-7-15)12-14-4-2-1-3-5-14/h1-5,15H,6-13,17H2,(H,18,20). The van der Waals surface area contributed by atoms with E-state index < -0.39 is 0 Å². The first-order valence-electron chi connectivity index (χ1n) is 7.61. The molecular weight excluding hydrogens is 282 g/mol. The van der Waals surface area contributed by atoms with Gasteiger partial charge in [0.2, 0.25) is 5.91 Å². The summed E-state index contributed by atoms with van der Waals surface area (Å²) in [5.41, 5.74) is 6.78. The molecule has 1 aromatic rings. The van der Waals surface area contributed by atoms with Crippen molar-refractivity contribution < 1.29 is 4.79 Å². The number of nitrogens with two attached hydrogens (primary N) is 1. The third-order valence-corrected chi connectivity index (χ3v) is 4.69. The van der Waals surface area contributed by atoms with Crippen LogP contribution in [0, 0.1) is 0 Å². The number of rotatable bonds is 7. The summed E-state index contributed by atoms with van der Waals surface area (Å²) in [5, 5.41) is 3.13. The molecule has 0 atom stereocenters. The lowest BCUT2D eigenvalue weighted by Crippen LogP contribution is -2.44. The van der Waals surface area contributed by atoms with E-state index in [1.54, 1.807) is 11.8 Å². The Labute approximate surface area is 131 Å². The fraction of sp³-hybridized carbons (Fsp3) is 0.562. The number of carbonyl (C=O) groups is 1. The Kier molecular flexibility index (Phi) is 7.06. The van der Waals surface area contributed by atoms with E-state index >= 15 is 0 Å². The number of nitrogens with zero attached hydrogens (tertiary/aromatic N) is 1. The first kappa shape index (κ1) is 16.3. The van der Waals surface area contributed by atoms with Crippen LogP contribution in [0.4, 0.5) is 0 Å². The van der Waals surface area contributed by atoms with E-state index in [0.717, 1.165) is 38.2 Å². The first-order valence-corrected chi connectivity index (χ1v) is 8.77. The second kappa shape index (κ2) is 9.07. The van der Waals surface area contributed by atoms with Crippen molar-refractivity contribution in [2.45, 2.75) is 25.4 Å². The molecule has 2 rings (SSSR count). The van der Waals surface area contributed by atoms with Gasteiger partial charge in [0.15, 0.2) is 0 Å². The van der Waals surface area contributed by atoms with Crippen molar-refractivity contribution in [1.29, 1.82) is 0 Å². The van der Waals surface area contributed by atoms with Gasteiger partial charge >= 0.3 is 0 Å². The van der Waals surface area contributed by atoms with Crippen LogP contribution in [0.1, 0.15) is 18.4 Å². The molecule has 0 radical (unpaired) electrons. The van der Waals surface area contributed by atoms with Crippen LogP contribution in [0.5, 0.6) is 0 Å². The number of likely N-dealkylation sites (tertiary alicyclic amines) is 1. The summed E-state index contributed by atoms with van der Waals surface area (Å²) in [6.45, 7) is 3.75. The lowest BCUT2D eigenvalue weighted by atomic mass is 10.0. The molecule has 0 bridgehead atoms. The van der Waals surface area contributed by atoms with Crippen molar-refractivity contribution in [1.82, 2.24) is 10.2 Å². The molecule has 0 aliphatic carbocycles. The predicted molar refractivity (Wildman–Crippen MR) is 89.3 cm³/mol. The summed E-state index contributed by atoms with van der Waals surface area (Å²) in [6.07, 6.45) is 2.08. The van der Waals surface area contributed by atoms with Crippen LogP contribution < -0.4 is 11.1 Å². The Bertz CT molecular complexity index is 419. The van der Waals surface area contributed by atoms with Crippen LogP contribution >= 0.6 is 11.8 Å². The zero-order valence-corrected chi connectivity index (χ0v) is 13.3. The van der Waals surface area contributed by atoms with Crippen LogP contribution in [0.15, 0.2) is 30.3 Å². The van der Waals surface area contributed by atoms with Gasteiger partial charge in [-0.2, -0.15) is 11.8 Å². The summed E-state index contributed by atoms with van der Waals surface area (Å²) in [6, 6.07) is 10.9. The molecule has 1 aromatic carbocycles. The van der Waals surface area contributed by atoms with Gasteiger partial charge in [-0.05, 0) is 18.4 Å². The quantitative estimate of drug-likeness (QED) is 0.749. The van der Waals surface area contributed by atoms with E-state index in [1.165, 1.54) is 5.56 Å². The third-order valence-electron chi connectivity index (χ3n) is 3.70. The average Bonchev–Trinajstić information content (AvgIpc) is 2.51. The molecule has 5 heteroatoms. The van der Waals surface area contributed by atoms with Gasteiger partial charge in [-0.3, -0.25) is 9.69 Å². The molecule has 1 aliphatic heterocycles. The van der Waals surface area contributed by atoms with E-state index in [9.17, 15) is 4.79 Å². The molecule has 0 saturated carbocycles. The van der Waals surface area contributed by atoms with Crippen molar-refractivity contribution >= 4 is 17.7 Å². The zero-order chi connectivity index (χ0) is 14.9. The number of amides is 1. The first-order chi connectivity index (χ1) is 10.3. The fourth-order valence-electron chi connectivity index (χ4n) is 2.59. The summed E-state index contributed by atoms with van der Waals surface area (Å²) in [7, 11) is 0. The molecule has 4 nitrogen and oxygen atoms in total. The van der Waals surface area contributed by atoms with Gasteiger partial charge in [-0.15, -0.1) is 0 Å². The van der Waals surface area contributed by atoms with Gasteiger partial charge in [-0.25, -0.2) is 0 Å². The van der Waals surface area contributed by atoms with Crippen molar-refractivity contribution in [3.63, 3.8) is 0 Å². The van der Waals surface area contributed by atoms with Gasteiger partial charge in [0.05, 0.1) is 5.75 Å². The second-order valence-electron chi connectivity index (χ2n) is 5.44. The molecule has 0 spiro atoms. The number of benzene rings is 1. The molecule has 0 aromatic heterocycles. The molecule has 1 saturated heterocycles. The highest BCUT2D eigenvalue weighted by atomic mass is 32.2. The summed E-state index contributed by atoms with van der Waals surface area (Å²) in [5.74, 6) is 1.53. The van der Waals surface area contributed by atoms with Gasteiger partial charge in [-0.1, -0.05) is 30.3 Å². The van der Waals surface area contributed by atoms with Crippen LogP contribution in [-0.4, -0.2) is 48.0 Å². The smallest absolute Gasteiger partial charge is 0.230 e. The number of hydrogen-bond donors (Lipinski definition) is 2. The highest BCUT2D eigenvalue weighted by Crippen LogP contribution is 2.14. The normalized spacial score (nSPS) is 16.8. The number of nitrogens with one attached hydrogen (secondary N) is 1. The van der Waals surface area contributed by atoms with Gasteiger partial charge in [0, 0.05) is 38.0 Å². The van der Waals surface area contributed by atoms with Crippen LogP contribution in [0.2, 0.25) is 0 Å². The Hall–Kier alpha value is -1.04. The van der Waals surface area contributed by atoms with E-state index in [4.69, 9.17) is 5.73 Å². The molecule has 1 amide bonds. The SMILES string of the molecule is NCCSCC(=O)NC1CCN(Cc2ccccc2)CC1. The van der Waals surface area contributed by atoms with Crippen molar-refractivity contribution in [2.24, 2.45) is 5.73 Å². The highest BCUT2D eigenvalue weighted by molar-refractivity contribution is 7.99. The number of hydrogen-bond acceptors (Lipinski definition) is 4. The van der Waals surface area contributed by atoms with Gasteiger partial charge < -0.3 is 11.1 Å². The molecule has 1 aliphatic rings. The minimum atomic E-state index is 0.148. The maximum Gasteiger partial charge on any atom is 0.230 e. The maximum absolute atomic E-state index is 11.8. The van der Waals surface area contributed by atoms with Crippen molar-refractivity contribution in [3.05, 3.63) is 35.9 Å². The van der Waals surface area contributed by atoms with Crippen molar-refractivity contribution in [2.75, 3.05) is 31.1 Å². The lowest BCUT2D eigenvalue weighted by Gasteiger charge is -2.32. The summed E-state index contributed by atoms with van der Waals surface area (Å²) in [4.78, 5) is 14.2. The third kappa shape index (κ3) is 6.08. The number of thioether (sulfide) groups is 1. The second-order valence-corrected chi connectivity index (χ2v) is 6.55. The lowest BCUT2D eigenvalue weighted by molar-refractivity contribution is -0.119. The van der Waals surface area contributed by atoms with Crippen LogP contribution in [0.25, 0.3) is 0 Å². The molecule has 116 valence electrons. The summed E-state index contributed by atoms with van der Waals surface area (Å²) >= 11 is 1.60. The Morgan fingerprint density at radius 3 is 2.67 bits per heavy atom. The van der Waals surface area contributed by atoms with E-state index in [0.29, 0.717) is 18.3 Å². The Morgan fingerprint density at radius 1 is 1.29 bits per heavy atom. The number of piperidine rings is 1. The van der Waals surface area contributed by atoms with Crippen molar-refractivity contribution in [3.8, 4) is 0 Å². The highest BCUT2D eigenvalue weighted by Gasteiger charge is 2.20. The van der Waals surface area contributed by atoms with Gasteiger partial charge in [0.1, 0.15) is 0 Å². The predicted octanol–water partition coefficient (Wildman–Crippen LogP) is 1.46. The zero-order valence-electron chi connectivity index (χ0n) is 12.5.